The van der Waals surface area contributed by atoms with E-state index in [4.69, 9.17) is 0 Å². The van der Waals surface area contributed by atoms with Gasteiger partial charge in [-0.15, -0.1) is 0 Å². The fraction of sp³-hybridized carbons (Fsp3) is 0.636. The highest BCUT2D eigenvalue weighted by molar-refractivity contribution is 5.69. The Kier molecular flexibility index (Phi) is 5.97. The van der Waals surface area contributed by atoms with Crippen LogP contribution >= 0.6 is 0 Å². The number of hydrogen-bond donors (Lipinski definition) is 2. The maximum absolute atomic E-state index is 12.8. The van der Waals surface area contributed by atoms with Gasteiger partial charge in [0.1, 0.15) is 16.8 Å². The van der Waals surface area contributed by atoms with Crippen LogP contribution < -0.4 is 16.2 Å². The first-order valence-corrected chi connectivity index (χ1v) is 10.9. The summed E-state index contributed by atoms with van der Waals surface area (Å²) in [4.78, 5) is 17.3. The number of nitrogens with one attached hydrogen (secondary N) is 2. The van der Waals surface area contributed by atoms with E-state index in [1.165, 1.54) is 32.1 Å². The number of aromatic nitrogens is 3. The Morgan fingerprint density at radius 2 is 2.04 bits per heavy atom. The molecule has 1 aliphatic carbocycles. The molecule has 4 rings (SSSR count). The zero-order chi connectivity index (χ0) is 19.5. The molecule has 2 N–H and O–H groups in total. The highest BCUT2D eigenvalue weighted by Crippen LogP contribution is 2.18. The van der Waals surface area contributed by atoms with Crippen molar-refractivity contribution < 1.29 is 0 Å². The van der Waals surface area contributed by atoms with Gasteiger partial charge in [-0.1, -0.05) is 25.3 Å². The average molecular weight is 384 g/mol. The Bertz CT molecular complexity index is 953. The second-order valence-electron chi connectivity index (χ2n) is 8.37. The lowest BCUT2D eigenvalue weighted by Crippen LogP contribution is -2.38. The van der Waals surface area contributed by atoms with Gasteiger partial charge in [-0.05, 0) is 51.7 Å². The summed E-state index contributed by atoms with van der Waals surface area (Å²) < 4.78 is 3.91. The lowest BCUT2D eigenvalue weighted by molar-refractivity contribution is 0.367. The third-order valence-corrected chi connectivity index (χ3v) is 6.20. The molecular formula is C22H33N5O. The minimum absolute atomic E-state index is 0.0866. The van der Waals surface area contributed by atoms with Crippen molar-refractivity contribution >= 4 is 16.8 Å². The summed E-state index contributed by atoms with van der Waals surface area (Å²) in [6, 6.07) is 7.15. The average Bonchev–Trinajstić information content (AvgIpc) is 3.19. The second-order valence-corrected chi connectivity index (χ2v) is 8.37. The van der Waals surface area contributed by atoms with Gasteiger partial charge in [0.25, 0.3) is 5.56 Å². The van der Waals surface area contributed by atoms with Gasteiger partial charge < -0.3 is 10.6 Å². The van der Waals surface area contributed by atoms with Crippen molar-refractivity contribution in [3.05, 3.63) is 34.2 Å². The zero-order valence-electron chi connectivity index (χ0n) is 17.2. The molecular weight excluding hydrogens is 350 g/mol. The van der Waals surface area contributed by atoms with E-state index in [-0.39, 0.29) is 5.56 Å². The van der Waals surface area contributed by atoms with E-state index < -0.39 is 0 Å². The fourth-order valence-corrected chi connectivity index (χ4v) is 4.66. The maximum Gasteiger partial charge on any atom is 0.278 e. The molecule has 152 valence electrons. The summed E-state index contributed by atoms with van der Waals surface area (Å²) >= 11 is 0. The zero-order valence-corrected chi connectivity index (χ0v) is 17.2. The van der Waals surface area contributed by atoms with E-state index in [1.807, 2.05) is 34.1 Å². The predicted molar refractivity (Wildman–Crippen MR) is 114 cm³/mol. The van der Waals surface area contributed by atoms with Gasteiger partial charge in [0.2, 0.25) is 0 Å². The summed E-state index contributed by atoms with van der Waals surface area (Å²) in [5.74, 6) is 0. The van der Waals surface area contributed by atoms with Gasteiger partial charge in [-0.2, -0.15) is 0 Å². The monoisotopic (exact) mass is 383 g/mol. The Morgan fingerprint density at radius 3 is 2.86 bits per heavy atom. The Balaban J connectivity index is 1.25. The van der Waals surface area contributed by atoms with Crippen LogP contribution in [0.1, 0.15) is 57.6 Å². The van der Waals surface area contributed by atoms with Crippen LogP contribution in [0.25, 0.3) is 16.8 Å². The van der Waals surface area contributed by atoms with Gasteiger partial charge in [0.05, 0.1) is 5.69 Å². The molecule has 3 aromatic rings. The minimum Gasteiger partial charge on any atom is -0.313 e. The summed E-state index contributed by atoms with van der Waals surface area (Å²) in [5.41, 5.74) is 3.45. The van der Waals surface area contributed by atoms with E-state index in [9.17, 15) is 4.79 Å². The molecule has 28 heavy (non-hydrogen) atoms. The molecule has 6 heteroatoms. The Labute approximate surface area is 166 Å². The molecule has 1 saturated carbocycles. The molecule has 0 saturated heterocycles. The van der Waals surface area contributed by atoms with Crippen LogP contribution in [0.3, 0.4) is 0 Å². The molecule has 1 aliphatic rings. The number of rotatable bonds is 9. The minimum atomic E-state index is 0.0866. The first kappa shape index (κ1) is 19.4. The van der Waals surface area contributed by atoms with Gasteiger partial charge in [0, 0.05) is 31.7 Å². The van der Waals surface area contributed by atoms with E-state index in [2.05, 4.69) is 22.5 Å². The lowest BCUT2D eigenvalue weighted by atomic mass is 9.95. The SMILES string of the molecule is Cc1nc2cccc3n(CCCC(C)NCCNC4CCCCC4)c(=O)c1n23. The van der Waals surface area contributed by atoms with E-state index >= 15 is 0 Å². The predicted octanol–water partition coefficient (Wildman–Crippen LogP) is 3.08. The van der Waals surface area contributed by atoms with Crippen molar-refractivity contribution in [2.24, 2.45) is 0 Å². The van der Waals surface area contributed by atoms with Gasteiger partial charge >= 0.3 is 0 Å². The van der Waals surface area contributed by atoms with Crippen LogP contribution in [0.2, 0.25) is 0 Å². The van der Waals surface area contributed by atoms with Crippen LogP contribution in [0.4, 0.5) is 0 Å². The van der Waals surface area contributed by atoms with Gasteiger partial charge in [0.15, 0.2) is 0 Å². The maximum atomic E-state index is 12.8. The molecule has 0 aromatic carbocycles. The molecule has 0 radical (unpaired) electrons. The molecule has 3 aromatic heterocycles. The molecule has 1 unspecified atom stereocenters. The topological polar surface area (TPSA) is 63.4 Å². The standard InChI is InChI=1S/C22H33N5O/c1-16(23-13-14-24-18-9-4-3-5-10-18)8-7-15-26-20-12-6-11-19-25-17(2)21(22(26)28)27(19)20/h6,11-12,16,18,23-24H,3-5,7-10,13-15H2,1-2H3. The molecule has 6 nitrogen and oxygen atoms in total. The fourth-order valence-electron chi connectivity index (χ4n) is 4.66. The van der Waals surface area contributed by atoms with Crippen molar-refractivity contribution in [1.82, 2.24) is 24.6 Å². The van der Waals surface area contributed by atoms with E-state index in [1.54, 1.807) is 0 Å². The third-order valence-electron chi connectivity index (χ3n) is 6.20. The normalized spacial score (nSPS) is 17.1. The number of nitrogens with zero attached hydrogens (tertiary/aromatic N) is 3. The van der Waals surface area contributed by atoms with E-state index in [0.717, 1.165) is 61.0 Å². The summed E-state index contributed by atoms with van der Waals surface area (Å²) in [6.45, 7) is 6.97. The summed E-state index contributed by atoms with van der Waals surface area (Å²) in [6.07, 6.45) is 8.89. The number of imidazole rings is 2. The van der Waals surface area contributed by atoms with Crippen molar-refractivity contribution in [2.75, 3.05) is 13.1 Å². The van der Waals surface area contributed by atoms with Crippen LogP contribution in [0, 0.1) is 6.92 Å². The Hall–Kier alpha value is -1.92. The summed E-state index contributed by atoms with van der Waals surface area (Å²) in [5, 5.41) is 7.30. The van der Waals surface area contributed by atoms with Crippen LogP contribution in [0.15, 0.2) is 23.0 Å². The quantitative estimate of drug-likeness (QED) is 0.558. The van der Waals surface area contributed by atoms with Gasteiger partial charge in [-0.25, -0.2) is 4.98 Å². The van der Waals surface area contributed by atoms with E-state index in [0.29, 0.717) is 6.04 Å². The molecule has 1 atom stereocenters. The number of pyridine rings is 1. The van der Waals surface area contributed by atoms with Crippen molar-refractivity contribution in [3.8, 4) is 0 Å². The Morgan fingerprint density at radius 1 is 1.21 bits per heavy atom. The highest BCUT2D eigenvalue weighted by atomic mass is 16.1. The van der Waals surface area contributed by atoms with Crippen molar-refractivity contribution in [3.63, 3.8) is 0 Å². The lowest BCUT2D eigenvalue weighted by Gasteiger charge is -2.23. The summed E-state index contributed by atoms with van der Waals surface area (Å²) in [7, 11) is 0. The first-order valence-electron chi connectivity index (χ1n) is 10.9. The van der Waals surface area contributed by atoms with Crippen molar-refractivity contribution in [1.29, 1.82) is 0 Å². The van der Waals surface area contributed by atoms with Gasteiger partial charge in [-0.3, -0.25) is 13.8 Å². The molecule has 0 bridgehead atoms. The third kappa shape index (κ3) is 3.94. The molecule has 0 aliphatic heterocycles. The largest absolute Gasteiger partial charge is 0.313 e. The smallest absolute Gasteiger partial charge is 0.278 e. The second kappa shape index (κ2) is 8.62. The first-order chi connectivity index (χ1) is 13.6. The molecule has 3 heterocycles. The van der Waals surface area contributed by atoms with Crippen LogP contribution in [-0.2, 0) is 6.54 Å². The van der Waals surface area contributed by atoms with Crippen LogP contribution in [-0.4, -0.2) is 39.1 Å². The number of hydrogen-bond acceptors (Lipinski definition) is 4. The molecule has 0 spiro atoms. The number of aryl methyl sites for hydroxylation is 2. The highest BCUT2D eigenvalue weighted by Gasteiger charge is 2.17. The molecule has 0 amide bonds. The van der Waals surface area contributed by atoms with Crippen LogP contribution in [0.5, 0.6) is 0 Å². The molecule has 1 fully saturated rings. The van der Waals surface area contributed by atoms with Crippen molar-refractivity contribution in [2.45, 2.75) is 77.4 Å².